The summed E-state index contributed by atoms with van der Waals surface area (Å²) in [6, 6.07) is 8.69. The number of hydrogen-bond donors (Lipinski definition) is 1. The molecule has 0 radical (unpaired) electrons. The number of carbonyl (C=O) groups is 1. The minimum absolute atomic E-state index is 0.0608. The average Bonchev–Trinajstić information content (AvgIpc) is 3.24. The van der Waals surface area contributed by atoms with Crippen molar-refractivity contribution in [1.82, 2.24) is 20.2 Å². The molecule has 11 heteroatoms. The number of benzene rings is 2. The lowest BCUT2D eigenvalue weighted by atomic mass is 9.30. The summed E-state index contributed by atoms with van der Waals surface area (Å²) in [6.07, 6.45) is 1.22. The Labute approximate surface area is 191 Å². The van der Waals surface area contributed by atoms with Crippen molar-refractivity contribution in [2.24, 2.45) is 5.41 Å². The van der Waals surface area contributed by atoms with E-state index >= 15 is 8.78 Å². The molecule has 1 unspecified atom stereocenters. The lowest BCUT2D eigenvalue weighted by Crippen LogP contribution is -2.76. The maximum Gasteiger partial charge on any atom is 0.337 e. The van der Waals surface area contributed by atoms with Gasteiger partial charge in [-0.25, -0.2) is 27.0 Å². The fourth-order valence-electron chi connectivity index (χ4n) is 5.61. The van der Waals surface area contributed by atoms with Crippen LogP contribution in [0.15, 0.2) is 48.8 Å². The molecule has 7 nitrogen and oxygen atoms in total. The molecule has 3 aliphatic carbocycles. The molecule has 2 bridgehead atoms. The van der Waals surface area contributed by atoms with Crippen molar-refractivity contribution in [3.05, 3.63) is 77.1 Å². The van der Waals surface area contributed by atoms with Crippen molar-refractivity contribution in [1.29, 1.82) is 0 Å². The Hall–Kier alpha value is -3.34. The van der Waals surface area contributed by atoms with Crippen molar-refractivity contribution in [2.45, 2.75) is 42.7 Å². The van der Waals surface area contributed by atoms with Gasteiger partial charge >= 0.3 is 5.97 Å². The first-order chi connectivity index (χ1) is 16.1. The molecule has 1 heterocycles. The van der Waals surface area contributed by atoms with Crippen LogP contribution in [-0.4, -0.2) is 44.3 Å². The fourth-order valence-corrected chi connectivity index (χ4v) is 5.61. The third-order valence-electron chi connectivity index (χ3n) is 7.29. The van der Waals surface area contributed by atoms with E-state index in [1.165, 1.54) is 7.11 Å². The highest BCUT2D eigenvalue weighted by Gasteiger charge is 2.82. The second kappa shape index (κ2) is 7.33. The number of nitrogens with zero attached hydrogens (tertiary/aromatic N) is 4. The fraction of sp³-hybridized carbons (Fsp3) is 0.391. The molecule has 3 aliphatic rings. The number of halogens is 4. The van der Waals surface area contributed by atoms with Crippen LogP contribution in [0.2, 0.25) is 0 Å². The van der Waals surface area contributed by atoms with Gasteiger partial charge in [0.25, 0.3) is 5.92 Å². The van der Waals surface area contributed by atoms with Crippen molar-refractivity contribution in [2.75, 3.05) is 7.11 Å². The Morgan fingerprint density at radius 1 is 1.15 bits per heavy atom. The standard InChI is InChI=1S/C23H20F4N4O3/c1-34-19(32)14-2-4-15(5-3-14)20-9-21(10-20,11-20)23(26,27)22(33,12-31-13-28-29-30-31)17-7-6-16(24)8-18(17)25/h2-8,13,33H,9-12H2,1H3. The molecule has 1 N–H and O–H groups in total. The Bertz CT molecular complexity index is 1230. The van der Waals surface area contributed by atoms with E-state index in [-0.39, 0.29) is 19.3 Å². The molecule has 0 saturated heterocycles. The zero-order chi connectivity index (χ0) is 24.4. The Morgan fingerprint density at radius 3 is 2.38 bits per heavy atom. The number of esters is 1. The van der Waals surface area contributed by atoms with Crippen LogP contribution in [0.3, 0.4) is 0 Å². The summed E-state index contributed by atoms with van der Waals surface area (Å²) in [4.78, 5) is 11.7. The predicted octanol–water partition coefficient (Wildman–Crippen LogP) is 3.38. The van der Waals surface area contributed by atoms with Gasteiger partial charge in [0, 0.05) is 17.0 Å². The first kappa shape index (κ1) is 22.5. The Kier molecular flexibility index (Phi) is 4.84. The van der Waals surface area contributed by atoms with Gasteiger partial charge in [-0.1, -0.05) is 12.1 Å². The van der Waals surface area contributed by atoms with E-state index in [4.69, 9.17) is 0 Å². The molecule has 2 aromatic carbocycles. The molecule has 178 valence electrons. The van der Waals surface area contributed by atoms with Gasteiger partial charge in [-0.05, 0) is 64.9 Å². The van der Waals surface area contributed by atoms with Gasteiger partial charge < -0.3 is 9.84 Å². The van der Waals surface area contributed by atoms with E-state index in [2.05, 4.69) is 20.3 Å². The van der Waals surface area contributed by atoms with E-state index in [1.807, 2.05) is 0 Å². The summed E-state index contributed by atoms with van der Waals surface area (Å²) in [6.45, 7) is -0.821. The molecule has 3 saturated carbocycles. The number of tetrazole rings is 1. The van der Waals surface area contributed by atoms with Gasteiger partial charge in [-0.15, -0.1) is 5.10 Å². The van der Waals surface area contributed by atoms with Gasteiger partial charge in [-0.3, -0.25) is 0 Å². The van der Waals surface area contributed by atoms with Gasteiger partial charge in [-0.2, -0.15) is 0 Å². The number of ether oxygens (including phenoxy) is 1. The van der Waals surface area contributed by atoms with E-state index in [1.54, 1.807) is 24.3 Å². The molecule has 3 aromatic rings. The van der Waals surface area contributed by atoms with Crippen molar-refractivity contribution in [3.63, 3.8) is 0 Å². The monoisotopic (exact) mass is 476 g/mol. The second-order valence-electron chi connectivity index (χ2n) is 9.23. The summed E-state index contributed by atoms with van der Waals surface area (Å²) in [5.41, 5.74) is -4.71. The second-order valence-corrected chi connectivity index (χ2v) is 9.23. The lowest BCUT2D eigenvalue weighted by Gasteiger charge is -2.74. The molecule has 0 aliphatic heterocycles. The Morgan fingerprint density at radius 2 is 1.82 bits per heavy atom. The van der Waals surface area contributed by atoms with E-state index in [9.17, 15) is 18.7 Å². The molecular weight excluding hydrogens is 456 g/mol. The van der Waals surface area contributed by atoms with Gasteiger partial charge in [0.15, 0.2) is 5.60 Å². The van der Waals surface area contributed by atoms with Crippen LogP contribution in [-0.2, 0) is 22.3 Å². The number of hydrogen-bond acceptors (Lipinski definition) is 6. The molecule has 0 spiro atoms. The zero-order valence-corrected chi connectivity index (χ0v) is 18.0. The number of aliphatic hydroxyl groups is 1. The first-order valence-corrected chi connectivity index (χ1v) is 10.5. The van der Waals surface area contributed by atoms with Crippen LogP contribution in [0.4, 0.5) is 17.6 Å². The number of rotatable bonds is 7. The van der Waals surface area contributed by atoms with Crippen LogP contribution in [0.25, 0.3) is 0 Å². The number of alkyl halides is 2. The number of methoxy groups -OCH3 is 1. The highest BCUT2D eigenvalue weighted by Crippen LogP contribution is 2.80. The maximum absolute atomic E-state index is 16.1. The number of carbonyl (C=O) groups excluding carboxylic acids is 1. The summed E-state index contributed by atoms with van der Waals surface area (Å²) in [5, 5.41) is 21.7. The van der Waals surface area contributed by atoms with E-state index in [0.29, 0.717) is 11.6 Å². The number of aromatic nitrogens is 4. The minimum Gasteiger partial charge on any atom is -0.465 e. The summed E-state index contributed by atoms with van der Waals surface area (Å²) >= 11 is 0. The maximum atomic E-state index is 16.1. The third-order valence-corrected chi connectivity index (χ3v) is 7.29. The largest absolute Gasteiger partial charge is 0.465 e. The summed E-state index contributed by atoms with van der Waals surface area (Å²) < 4.78 is 66.0. The molecule has 3 fully saturated rings. The van der Waals surface area contributed by atoms with Gasteiger partial charge in [0.2, 0.25) is 0 Å². The molecular formula is C23H20F4N4O3. The Balaban J connectivity index is 1.46. The van der Waals surface area contributed by atoms with Crippen LogP contribution >= 0.6 is 0 Å². The van der Waals surface area contributed by atoms with Crippen LogP contribution in [0.1, 0.15) is 40.7 Å². The normalized spacial score (nSPS) is 25.1. The third kappa shape index (κ3) is 2.99. The molecule has 6 rings (SSSR count). The molecule has 1 aromatic heterocycles. The topological polar surface area (TPSA) is 90.1 Å². The quantitative estimate of drug-likeness (QED) is 0.416. The highest BCUT2D eigenvalue weighted by molar-refractivity contribution is 5.89. The smallest absolute Gasteiger partial charge is 0.337 e. The van der Waals surface area contributed by atoms with Crippen molar-refractivity contribution in [3.8, 4) is 0 Å². The summed E-state index contributed by atoms with van der Waals surface area (Å²) in [5.74, 6) is -6.52. The van der Waals surface area contributed by atoms with Crippen molar-refractivity contribution >= 4 is 5.97 Å². The molecule has 0 amide bonds. The highest BCUT2D eigenvalue weighted by atomic mass is 19.3. The van der Waals surface area contributed by atoms with E-state index < -0.39 is 52.1 Å². The summed E-state index contributed by atoms with van der Waals surface area (Å²) in [7, 11) is 1.27. The van der Waals surface area contributed by atoms with Crippen LogP contribution < -0.4 is 0 Å². The van der Waals surface area contributed by atoms with Crippen LogP contribution in [0, 0.1) is 17.0 Å². The zero-order valence-electron chi connectivity index (χ0n) is 18.0. The van der Waals surface area contributed by atoms with Gasteiger partial charge in [0.1, 0.15) is 18.0 Å². The average molecular weight is 476 g/mol. The lowest BCUT2D eigenvalue weighted by molar-refractivity contribution is -0.347. The predicted molar refractivity (Wildman–Crippen MR) is 109 cm³/mol. The van der Waals surface area contributed by atoms with E-state index in [0.717, 1.165) is 28.7 Å². The van der Waals surface area contributed by atoms with Crippen molar-refractivity contribution < 1.29 is 32.2 Å². The molecule has 34 heavy (non-hydrogen) atoms. The van der Waals surface area contributed by atoms with Gasteiger partial charge in [0.05, 0.1) is 19.2 Å². The SMILES string of the molecule is COC(=O)c1ccc(C23CC(C(F)(F)C(O)(Cn4cnnn4)c4ccc(F)cc4F)(C2)C3)cc1. The molecule has 1 atom stereocenters. The first-order valence-electron chi connectivity index (χ1n) is 10.5. The minimum atomic E-state index is -3.79. The van der Waals surface area contributed by atoms with Crippen LogP contribution in [0.5, 0.6) is 0 Å².